The number of halogens is 1. The van der Waals surface area contributed by atoms with E-state index in [1.807, 2.05) is 19.9 Å². The number of benzene rings is 1. The van der Waals surface area contributed by atoms with Crippen molar-refractivity contribution < 1.29 is 19.4 Å². The molecule has 0 saturated heterocycles. The molecule has 0 bridgehead atoms. The largest absolute Gasteiger partial charge is 0.507 e. The number of aromatic amines is 1. The number of rotatable bonds is 4. The molecular weight excluding hydrogens is 363 g/mol. The van der Waals surface area contributed by atoms with Crippen LogP contribution >= 0.6 is 0 Å². The highest BCUT2D eigenvalue weighted by atomic mass is 19.1. The van der Waals surface area contributed by atoms with E-state index in [2.05, 4.69) is 15.3 Å². The third-order valence-corrected chi connectivity index (χ3v) is 4.62. The summed E-state index contributed by atoms with van der Waals surface area (Å²) < 4.78 is 14.0. The van der Waals surface area contributed by atoms with Gasteiger partial charge in [0.2, 0.25) is 5.95 Å². The molecule has 1 unspecified atom stereocenters. The van der Waals surface area contributed by atoms with Gasteiger partial charge in [0.1, 0.15) is 11.6 Å². The number of hydrogen-bond donors (Lipinski definition) is 4. The summed E-state index contributed by atoms with van der Waals surface area (Å²) in [5, 5.41) is 29.4. The third-order valence-electron chi connectivity index (χ3n) is 4.62. The molecule has 1 aromatic carbocycles. The van der Waals surface area contributed by atoms with Crippen molar-refractivity contribution in [3.05, 3.63) is 59.2 Å². The molecule has 7 nitrogen and oxygen atoms in total. The molecule has 1 atom stereocenters. The smallest absolute Gasteiger partial charge is 0.262 e. The zero-order chi connectivity index (χ0) is 20.9. The van der Waals surface area contributed by atoms with Crippen molar-refractivity contribution in [2.45, 2.75) is 20.3 Å². The van der Waals surface area contributed by atoms with Gasteiger partial charge in [0.15, 0.2) is 0 Å². The Balaban J connectivity index is 0.00000136. The summed E-state index contributed by atoms with van der Waals surface area (Å²) >= 11 is 0. The molecule has 0 spiro atoms. The van der Waals surface area contributed by atoms with Crippen molar-refractivity contribution in [3.8, 4) is 11.8 Å². The summed E-state index contributed by atoms with van der Waals surface area (Å²) in [6, 6.07) is 4.73. The number of allylic oxidation sites excluding steroid dienone is 4. The summed E-state index contributed by atoms with van der Waals surface area (Å²) in [6.45, 7) is 3.71. The summed E-state index contributed by atoms with van der Waals surface area (Å²) in [5.74, 6) is -1.18. The normalized spacial score (nSPS) is 17.7. The fraction of sp³-hybridized carbons (Fsp3) is 0.250. The number of carbonyl (C=O) groups is 1. The van der Waals surface area contributed by atoms with E-state index in [-0.39, 0.29) is 28.4 Å². The van der Waals surface area contributed by atoms with Crippen molar-refractivity contribution >= 4 is 17.4 Å². The summed E-state index contributed by atoms with van der Waals surface area (Å²) in [6.07, 6.45) is 6.33. The number of anilines is 1. The van der Waals surface area contributed by atoms with E-state index in [0.29, 0.717) is 12.0 Å². The fourth-order valence-electron chi connectivity index (χ4n) is 3.07. The Morgan fingerprint density at radius 3 is 2.71 bits per heavy atom. The number of phenols is 1. The number of aromatic hydroxyl groups is 1. The van der Waals surface area contributed by atoms with Crippen LogP contribution in [0.4, 0.5) is 10.3 Å². The van der Waals surface area contributed by atoms with Crippen LogP contribution in [-0.2, 0) is 0 Å². The lowest BCUT2D eigenvalue weighted by molar-refractivity contribution is 0.102. The minimum absolute atomic E-state index is 0.0884. The van der Waals surface area contributed by atoms with Crippen molar-refractivity contribution in [2.24, 2.45) is 5.41 Å². The number of phenolic OH excluding ortho intramolecular Hbond substituents is 1. The van der Waals surface area contributed by atoms with E-state index in [4.69, 9.17) is 5.11 Å². The molecule has 2 aromatic rings. The quantitative estimate of drug-likeness (QED) is 0.642. The second kappa shape index (κ2) is 8.50. The molecular formula is C20H21FN4O3. The van der Waals surface area contributed by atoms with Gasteiger partial charge in [0.05, 0.1) is 17.2 Å². The van der Waals surface area contributed by atoms with E-state index >= 15 is 0 Å². The van der Waals surface area contributed by atoms with E-state index in [1.165, 1.54) is 36.7 Å². The Morgan fingerprint density at radius 1 is 1.43 bits per heavy atom. The summed E-state index contributed by atoms with van der Waals surface area (Å²) in [4.78, 5) is 19.4. The number of aliphatic hydroxyl groups is 1. The fourth-order valence-corrected chi connectivity index (χ4v) is 3.07. The Morgan fingerprint density at radius 2 is 2.14 bits per heavy atom. The average Bonchev–Trinajstić information content (AvgIpc) is 3.30. The SMILES string of the molecule is CCC1(C)C=C(F)C=C1c1c(C#N)ccc(O)c1C(=O)Nc1ncc[nH]1.CO. The molecule has 4 N–H and O–H groups in total. The number of aromatic nitrogens is 2. The number of aliphatic hydroxyl groups excluding tert-OH is 1. The van der Waals surface area contributed by atoms with Crippen LogP contribution in [-0.4, -0.2) is 33.2 Å². The highest BCUT2D eigenvalue weighted by Gasteiger charge is 2.36. The molecule has 1 heterocycles. The van der Waals surface area contributed by atoms with Gasteiger partial charge in [-0.3, -0.25) is 10.1 Å². The van der Waals surface area contributed by atoms with Crippen LogP contribution < -0.4 is 5.32 Å². The van der Waals surface area contributed by atoms with Gasteiger partial charge < -0.3 is 15.2 Å². The maximum Gasteiger partial charge on any atom is 0.262 e. The number of carbonyl (C=O) groups excluding carboxylic acids is 1. The molecule has 1 aliphatic carbocycles. The molecule has 1 amide bonds. The molecule has 3 rings (SSSR count). The zero-order valence-corrected chi connectivity index (χ0v) is 15.7. The van der Waals surface area contributed by atoms with E-state index < -0.39 is 17.1 Å². The second-order valence-corrected chi connectivity index (χ2v) is 6.24. The number of amides is 1. The first-order valence-electron chi connectivity index (χ1n) is 8.52. The van der Waals surface area contributed by atoms with E-state index in [0.717, 1.165) is 7.11 Å². The Bertz CT molecular complexity index is 974. The van der Waals surface area contributed by atoms with Crippen LogP contribution in [0.2, 0.25) is 0 Å². The van der Waals surface area contributed by atoms with Crippen LogP contribution in [0, 0.1) is 16.7 Å². The lowest BCUT2D eigenvalue weighted by atomic mass is 9.76. The minimum atomic E-state index is -0.691. The van der Waals surface area contributed by atoms with Gasteiger partial charge in [-0.05, 0) is 36.3 Å². The van der Waals surface area contributed by atoms with Gasteiger partial charge in [0, 0.05) is 30.5 Å². The van der Waals surface area contributed by atoms with Crippen molar-refractivity contribution in [1.29, 1.82) is 5.26 Å². The minimum Gasteiger partial charge on any atom is -0.507 e. The maximum atomic E-state index is 14.0. The monoisotopic (exact) mass is 384 g/mol. The zero-order valence-electron chi connectivity index (χ0n) is 15.7. The van der Waals surface area contributed by atoms with Crippen molar-refractivity contribution in [3.63, 3.8) is 0 Å². The van der Waals surface area contributed by atoms with Crippen LogP contribution in [0.25, 0.3) is 5.57 Å². The molecule has 28 heavy (non-hydrogen) atoms. The molecule has 8 heteroatoms. The first-order valence-corrected chi connectivity index (χ1v) is 8.52. The van der Waals surface area contributed by atoms with Crippen LogP contribution in [0.15, 0.2) is 42.5 Å². The first-order chi connectivity index (χ1) is 13.4. The molecule has 0 saturated carbocycles. The summed E-state index contributed by atoms with van der Waals surface area (Å²) in [5.41, 5.74) is 0.110. The van der Waals surface area contributed by atoms with Crippen molar-refractivity contribution in [1.82, 2.24) is 9.97 Å². The number of imidazole rings is 1. The predicted octanol–water partition coefficient (Wildman–Crippen LogP) is 3.51. The van der Waals surface area contributed by atoms with Gasteiger partial charge in [-0.2, -0.15) is 5.26 Å². The Kier molecular flexibility index (Phi) is 6.33. The van der Waals surface area contributed by atoms with E-state index in [1.54, 1.807) is 0 Å². The molecule has 0 radical (unpaired) electrons. The molecule has 1 aliphatic rings. The lowest BCUT2D eigenvalue weighted by Crippen LogP contribution is -2.20. The van der Waals surface area contributed by atoms with Gasteiger partial charge in [0.25, 0.3) is 5.91 Å². The average molecular weight is 384 g/mol. The topological polar surface area (TPSA) is 122 Å². The Labute approximate surface area is 161 Å². The number of nitrogens with one attached hydrogen (secondary N) is 2. The van der Waals surface area contributed by atoms with Crippen LogP contribution in [0.1, 0.15) is 41.8 Å². The van der Waals surface area contributed by atoms with Crippen LogP contribution in [0.3, 0.4) is 0 Å². The molecule has 0 aliphatic heterocycles. The molecule has 146 valence electrons. The Hall–Kier alpha value is -3.44. The summed E-state index contributed by atoms with van der Waals surface area (Å²) in [7, 11) is 1.00. The molecule has 1 aromatic heterocycles. The number of nitrogens with zero attached hydrogens (tertiary/aromatic N) is 2. The standard InChI is InChI=1S/C19H17FN4O2.CH4O/c1-3-19(2)9-12(20)8-13(19)15-11(10-21)4-5-14(25)16(15)17(26)24-18-22-6-7-23-18;1-2/h4-9,25H,3H2,1-2H3,(H2,22,23,24,26);2H,1H3. The molecule has 0 fully saturated rings. The number of nitriles is 1. The van der Waals surface area contributed by atoms with Crippen LogP contribution in [0.5, 0.6) is 5.75 Å². The first kappa shape index (κ1) is 20.9. The van der Waals surface area contributed by atoms with Gasteiger partial charge in [-0.15, -0.1) is 0 Å². The predicted molar refractivity (Wildman–Crippen MR) is 103 cm³/mol. The lowest BCUT2D eigenvalue weighted by Gasteiger charge is -2.27. The van der Waals surface area contributed by atoms with Gasteiger partial charge >= 0.3 is 0 Å². The second-order valence-electron chi connectivity index (χ2n) is 6.24. The third kappa shape index (κ3) is 3.80. The number of H-pyrrole nitrogens is 1. The highest BCUT2D eigenvalue weighted by Crippen LogP contribution is 2.48. The number of hydrogen-bond acceptors (Lipinski definition) is 5. The highest BCUT2D eigenvalue weighted by molar-refractivity contribution is 6.10. The van der Waals surface area contributed by atoms with Gasteiger partial charge in [-0.25, -0.2) is 9.37 Å². The maximum absolute atomic E-state index is 14.0. The van der Waals surface area contributed by atoms with E-state index in [9.17, 15) is 19.6 Å². The van der Waals surface area contributed by atoms with Gasteiger partial charge in [-0.1, -0.05) is 13.8 Å². The van der Waals surface area contributed by atoms with Crippen molar-refractivity contribution in [2.75, 3.05) is 12.4 Å².